The molecule has 13 nitrogen and oxygen atoms in total. The van der Waals surface area contributed by atoms with Gasteiger partial charge in [0.1, 0.15) is 5.75 Å². The largest absolute Gasteiger partial charge is 0.490 e. The summed E-state index contributed by atoms with van der Waals surface area (Å²) in [6.45, 7) is 4.95. The maximum atomic E-state index is 12.5. The molecular weight excluding hydrogens is 512 g/mol. The number of hydrogen-bond donors (Lipinski definition) is 1. The Morgan fingerprint density at radius 3 is 2.13 bits per heavy atom. The van der Waals surface area contributed by atoms with Gasteiger partial charge in [-0.3, -0.25) is 25.0 Å². The van der Waals surface area contributed by atoms with E-state index in [1.165, 1.54) is 48.7 Å². The van der Waals surface area contributed by atoms with Crippen molar-refractivity contribution in [1.82, 2.24) is 5.43 Å². The van der Waals surface area contributed by atoms with E-state index in [2.05, 4.69) is 10.5 Å². The highest BCUT2D eigenvalue weighted by Crippen LogP contribution is 2.30. The van der Waals surface area contributed by atoms with Crippen molar-refractivity contribution in [1.29, 1.82) is 0 Å². The van der Waals surface area contributed by atoms with Gasteiger partial charge in [0, 0.05) is 24.3 Å². The Bertz CT molecular complexity index is 1410. The number of non-ortho nitro benzene ring substituents is 2. The molecule has 3 aromatic rings. The minimum atomic E-state index is -0.724. The third-order valence-electron chi connectivity index (χ3n) is 5.19. The first-order valence-corrected chi connectivity index (χ1v) is 11.5. The molecule has 0 aromatic heterocycles. The number of nitro benzene ring substituents is 2. The van der Waals surface area contributed by atoms with E-state index in [-0.39, 0.29) is 41.7 Å². The first kappa shape index (κ1) is 28.2. The zero-order valence-electron chi connectivity index (χ0n) is 21.2. The summed E-state index contributed by atoms with van der Waals surface area (Å²) in [5.41, 5.74) is 3.80. The molecule has 3 aromatic carbocycles. The van der Waals surface area contributed by atoms with Gasteiger partial charge in [-0.2, -0.15) is 5.10 Å². The van der Waals surface area contributed by atoms with E-state index in [9.17, 15) is 29.8 Å². The highest BCUT2D eigenvalue weighted by molar-refractivity contribution is 5.92. The molecule has 0 spiro atoms. The van der Waals surface area contributed by atoms with Crippen molar-refractivity contribution < 1.29 is 33.6 Å². The van der Waals surface area contributed by atoms with E-state index in [0.29, 0.717) is 22.4 Å². The van der Waals surface area contributed by atoms with Crippen LogP contribution in [0.1, 0.15) is 34.0 Å². The quantitative estimate of drug-likeness (QED) is 0.123. The third kappa shape index (κ3) is 7.58. The molecule has 0 atom stereocenters. The molecule has 1 amide bonds. The zero-order valence-corrected chi connectivity index (χ0v) is 21.2. The fourth-order valence-corrected chi connectivity index (χ4v) is 3.44. The minimum absolute atomic E-state index is 0.0649. The average Bonchev–Trinajstić information content (AvgIpc) is 2.89. The normalized spacial score (nSPS) is 10.6. The standard InChI is InChI=1S/C26H24N4O9/c1-4-37-23-13-18(5-10-22(23)39-26(32)19-6-8-20(9-7-19)29(33)34)14-27-28-24(31)15-38-25-16(2)11-21(30(35)36)12-17(25)3/h5-14H,4,15H2,1-3H3,(H,28,31)/b27-14-. The molecule has 0 radical (unpaired) electrons. The second-order valence-corrected chi connectivity index (χ2v) is 8.08. The van der Waals surface area contributed by atoms with Gasteiger partial charge >= 0.3 is 5.97 Å². The minimum Gasteiger partial charge on any atom is -0.490 e. The van der Waals surface area contributed by atoms with E-state index in [4.69, 9.17) is 14.2 Å². The molecule has 0 fully saturated rings. The fraction of sp³-hybridized carbons (Fsp3) is 0.192. The van der Waals surface area contributed by atoms with E-state index >= 15 is 0 Å². The molecule has 0 bridgehead atoms. The summed E-state index contributed by atoms with van der Waals surface area (Å²) in [7, 11) is 0. The molecule has 0 aliphatic carbocycles. The van der Waals surface area contributed by atoms with Crippen molar-refractivity contribution in [3.8, 4) is 17.2 Å². The van der Waals surface area contributed by atoms with E-state index in [0.717, 1.165) is 0 Å². The Kier molecular flexibility index (Phi) is 9.24. The van der Waals surface area contributed by atoms with Crippen molar-refractivity contribution in [2.24, 2.45) is 5.10 Å². The lowest BCUT2D eigenvalue weighted by molar-refractivity contribution is -0.385. The van der Waals surface area contributed by atoms with Crippen molar-refractivity contribution in [2.45, 2.75) is 20.8 Å². The smallest absolute Gasteiger partial charge is 0.343 e. The Morgan fingerprint density at radius 2 is 1.54 bits per heavy atom. The van der Waals surface area contributed by atoms with Crippen LogP contribution in [0.5, 0.6) is 17.2 Å². The Morgan fingerprint density at radius 1 is 0.897 bits per heavy atom. The van der Waals surface area contributed by atoms with Crippen LogP contribution >= 0.6 is 0 Å². The molecule has 39 heavy (non-hydrogen) atoms. The Labute approximate surface area is 222 Å². The van der Waals surface area contributed by atoms with Crippen LogP contribution in [0.25, 0.3) is 0 Å². The number of amides is 1. The number of esters is 1. The number of rotatable bonds is 11. The van der Waals surface area contributed by atoms with Crippen molar-refractivity contribution in [2.75, 3.05) is 13.2 Å². The first-order valence-electron chi connectivity index (χ1n) is 11.5. The lowest BCUT2D eigenvalue weighted by atomic mass is 10.1. The van der Waals surface area contributed by atoms with Crippen molar-refractivity contribution in [3.05, 3.63) is 97.1 Å². The van der Waals surface area contributed by atoms with Gasteiger partial charge < -0.3 is 14.2 Å². The van der Waals surface area contributed by atoms with Crippen LogP contribution in [0.2, 0.25) is 0 Å². The van der Waals surface area contributed by atoms with Gasteiger partial charge in [-0.25, -0.2) is 10.2 Å². The topological polar surface area (TPSA) is 172 Å². The summed E-state index contributed by atoms with van der Waals surface area (Å²) in [6.07, 6.45) is 1.35. The maximum Gasteiger partial charge on any atom is 0.343 e. The van der Waals surface area contributed by atoms with Gasteiger partial charge in [0.05, 0.1) is 28.2 Å². The summed E-state index contributed by atoms with van der Waals surface area (Å²) in [6, 6.07) is 12.3. The highest BCUT2D eigenvalue weighted by atomic mass is 16.6. The lowest BCUT2D eigenvalue weighted by Gasteiger charge is -2.12. The number of benzene rings is 3. The van der Waals surface area contributed by atoms with Crippen LogP contribution in [-0.4, -0.2) is 41.2 Å². The summed E-state index contributed by atoms with van der Waals surface area (Å²) >= 11 is 0. The van der Waals surface area contributed by atoms with Crippen LogP contribution in [0, 0.1) is 34.1 Å². The van der Waals surface area contributed by atoms with Crippen LogP contribution in [0.4, 0.5) is 11.4 Å². The summed E-state index contributed by atoms with van der Waals surface area (Å²) in [5, 5.41) is 25.6. The van der Waals surface area contributed by atoms with Gasteiger partial charge in [-0.05, 0) is 67.8 Å². The summed E-state index contributed by atoms with van der Waals surface area (Å²) in [5.74, 6) is -0.529. The molecule has 0 heterocycles. The molecule has 13 heteroatoms. The molecule has 202 valence electrons. The maximum absolute atomic E-state index is 12.5. The second kappa shape index (κ2) is 12.8. The number of hydrogen-bond acceptors (Lipinski definition) is 10. The van der Waals surface area contributed by atoms with E-state index < -0.39 is 21.7 Å². The molecule has 0 saturated carbocycles. The van der Waals surface area contributed by atoms with Crippen molar-refractivity contribution in [3.63, 3.8) is 0 Å². The van der Waals surface area contributed by atoms with Gasteiger partial charge in [0.25, 0.3) is 17.3 Å². The van der Waals surface area contributed by atoms with Crippen LogP contribution in [0.3, 0.4) is 0 Å². The first-order chi connectivity index (χ1) is 18.6. The summed E-state index contributed by atoms with van der Waals surface area (Å²) in [4.78, 5) is 45.3. The van der Waals surface area contributed by atoms with Gasteiger partial charge in [0.15, 0.2) is 18.1 Å². The summed E-state index contributed by atoms with van der Waals surface area (Å²) < 4.78 is 16.5. The van der Waals surface area contributed by atoms with Crippen LogP contribution in [0.15, 0.2) is 59.7 Å². The number of nitrogens with zero attached hydrogens (tertiary/aromatic N) is 3. The fourth-order valence-electron chi connectivity index (χ4n) is 3.44. The number of ether oxygens (including phenoxy) is 3. The molecule has 1 N–H and O–H groups in total. The molecule has 0 saturated heterocycles. The molecule has 0 aliphatic rings. The number of nitrogens with one attached hydrogen (secondary N) is 1. The highest BCUT2D eigenvalue weighted by Gasteiger charge is 2.16. The number of carbonyl (C=O) groups is 2. The lowest BCUT2D eigenvalue weighted by Crippen LogP contribution is -2.25. The van der Waals surface area contributed by atoms with E-state index in [1.807, 2.05) is 0 Å². The predicted molar refractivity (Wildman–Crippen MR) is 139 cm³/mol. The van der Waals surface area contributed by atoms with Crippen LogP contribution < -0.4 is 19.6 Å². The monoisotopic (exact) mass is 536 g/mol. The number of carbonyl (C=O) groups excluding carboxylic acids is 2. The average molecular weight is 536 g/mol. The molecule has 3 rings (SSSR count). The van der Waals surface area contributed by atoms with E-state index in [1.54, 1.807) is 32.9 Å². The molecular formula is C26H24N4O9. The Hall–Kier alpha value is -5.33. The van der Waals surface area contributed by atoms with Crippen molar-refractivity contribution >= 4 is 29.5 Å². The second-order valence-electron chi connectivity index (χ2n) is 8.08. The number of hydrazone groups is 1. The zero-order chi connectivity index (χ0) is 28.5. The van der Waals surface area contributed by atoms with Gasteiger partial charge in [-0.1, -0.05) is 0 Å². The van der Waals surface area contributed by atoms with Gasteiger partial charge in [0.2, 0.25) is 0 Å². The molecule has 0 unspecified atom stereocenters. The number of nitro groups is 2. The molecule has 0 aliphatic heterocycles. The third-order valence-corrected chi connectivity index (χ3v) is 5.19. The van der Waals surface area contributed by atoms with Crippen LogP contribution in [-0.2, 0) is 4.79 Å². The van der Waals surface area contributed by atoms with Gasteiger partial charge in [-0.15, -0.1) is 0 Å². The number of aryl methyl sites for hydroxylation is 2. The SMILES string of the molecule is CCOc1cc(/C=N\NC(=O)COc2c(C)cc([N+](=O)[O-])cc2C)ccc1OC(=O)c1ccc([N+](=O)[O-])cc1. The predicted octanol–water partition coefficient (Wildman–Crippen LogP) is 4.27. The Balaban J connectivity index is 1.61.